The van der Waals surface area contributed by atoms with Gasteiger partial charge in [-0.05, 0) is 113 Å². The topological polar surface area (TPSA) is 86.1 Å². The molecule has 1 saturated carbocycles. The predicted molar refractivity (Wildman–Crippen MR) is 166 cm³/mol. The maximum absolute atomic E-state index is 13.1. The van der Waals surface area contributed by atoms with Crippen molar-refractivity contribution < 1.29 is 9.59 Å². The van der Waals surface area contributed by atoms with Crippen molar-refractivity contribution in [1.29, 1.82) is 0 Å². The number of pyridine rings is 1. The van der Waals surface area contributed by atoms with Crippen LogP contribution in [-0.4, -0.2) is 87.4 Å². The maximum atomic E-state index is 13.1. The Hall–Kier alpha value is -3.72. The Morgan fingerprint density at radius 2 is 1.71 bits per heavy atom. The second-order valence-electron chi connectivity index (χ2n) is 12.5. The SMILES string of the molecule is CC1CCC(C(=O)N2CC=C(c3cccn4nc(Nc5ccc(C(=O)N(C)C6CCN(C)CC6)cc5)nc34)CC2)CC1. The van der Waals surface area contributed by atoms with Crippen LogP contribution in [0.4, 0.5) is 11.6 Å². The molecule has 9 heteroatoms. The Morgan fingerprint density at radius 3 is 2.40 bits per heavy atom. The van der Waals surface area contributed by atoms with Crippen molar-refractivity contribution in [3.8, 4) is 0 Å². The number of hydrogen-bond donors (Lipinski definition) is 1. The molecule has 2 aliphatic heterocycles. The Bertz CT molecular complexity index is 1450. The van der Waals surface area contributed by atoms with Gasteiger partial charge in [0, 0.05) is 55.1 Å². The first-order chi connectivity index (χ1) is 20.4. The minimum atomic E-state index is 0.0564. The first-order valence-electron chi connectivity index (χ1n) is 15.5. The predicted octanol–water partition coefficient (Wildman–Crippen LogP) is 5.08. The molecule has 2 amide bonds. The second kappa shape index (κ2) is 12.3. The number of nitrogens with zero attached hydrogens (tertiary/aromatic N) is 6. The highest BCUT2D eigenvalue weighted by Gasteiger charge is 2.29. The molecular weight excluding hydrogens is 526 g/mol. The summed E-state index contributed by atoms with van der Waals surface area (Å²) in [6, 6.07) is 11.9. The highest BCUT2D eigenvalue weighted by atomic mass is 16.2. The van der Waals surface area contributed by atoms with Crippen molar-refractivity contribution >= 4 is 34.7 Å². The smallest absolute Gasteiger partial charge is 0.253 e. The average molecular weight is 570 g/mol. The molecule has 0 bridgehead atoms. The molecule has 0 radical (unpaired) electrons. The minimum Gasteiger partial charge on any atom is -0.339 e. The molecule has 2 aromatic heterocycles. The van der Waals surface area contributed by atoms with Crippen molar-refractivity contribution in [2.75, 3.05) is 45.6 Å². The van der Waals surface area contributed by atoms with Gasteiger partial charge in [0.2, 0.25) is 11.9 Å². The lowest BCUT2D eigenvalue weighted by molar-refractivity contribution is -0.136. The third-order valence-corrected chi connectivity index (χ3v) is 9.54. The highest BCUT2D eigenvalue weighted by molar-refractivity contribution is 5.94. The largest absolute Gasteiger partial charge is 0.339 e. The highest BCUT2D eigenvalue weighted by Crippen LogP contribution is 2.32. The zero-order valence-electron chi connectivity index (χ0n) is 25.1. The van der Waals surface area contributed by atoms with Gasteiger partial charge in [-0.1, -0.05) is 13.0 Å². The fraction of sp³-hybridized carbons (Fsp3) is 0.515. The van der Waals surface area contributed by atoms with Gasteiger partial charge in [0.25, 0.3) is 5.91 Å². The molecule has 0 atom stereocenters. The van der Waals surface area contributed by atoms with E-state index in [1.54, 1.807) is 4.52 Å². The van der Waals surface area contributed by atoms with E-state index in [-0.39, 0.29) is 17.9 Å². The number of piperidine rings is 1. The summed E-state index contributed by atoms with van der Waals surface area (Å²) >= 11 is 0. The molecule has 4 heterocycles. The number of carbonyl (C=O) groups is 2. The lowest BCUT2D eigenvalue weighted by Crippen LogP contribution is -2.44. The van der Waals surface area contributed by atoms with E-state index >= 15 is 0 Å². The van der Waals surface area contributed by atoms with Gasteiger partial charge >= 0.3 is 0 Å². The van der Waals surface area contributed by atoms with Crippen LogP contribution in [0.3, 0.4) is 0 Å². The standard InChI is InChI=1S/C33H43N7O2/c1-23-6-8-26(9-7-23)32(42)39-21-14-24(15-22-39)29-5-4-18-40-30(29)35-33(36-40)34-27-12-10-25(11-13-27)31(41)38(3)28-16-19-37(2)20-17-28/h4-5,10-14,18,23,26,28H,6-9,15-17,19-22H2,1-3H3,(H,34,36). The van der Waals surface area contributed by atoms with E-state index in [0.29, 0.717) is 24.0 Å². The normalized spacial score (nSPS) is 22.2. The second-order valence-corrected chi connectivity index (χ2v) is 12.5. The molecule has 9 nitrogen and oxygen atoms in total. The van der Waals surface area contributed by atoms with Crippen molar-refractivity contribution in [1.82, 2.24) is 29.3 Å². The van der Waals surface area contributed by atoms with E-state index < -0.39 is 0 Å². The number of likely N-dealkylation sites (tertiary alicyclic amines) is 1. The van der Waals surface area contributed by atoms with Crippen LogP contribution in [0.1, 0.15) is 67.8 Å². The number of aromatic nitrogens is 3. The lowest BCUT2D eigenvalue weighted by atomic mass is 9.82. The number of fused-ring (bicyclic) bond motifs is 1. The first-order valence-corrected chi connectivity index (χ1v) is 15.5. The Kier molecular flexibility index (Phi) is 8.29. The third kappa shape index (κ3) is 6.07. The summed E-state index contributed by atoms with van der Waals surface area (Å²) in [5.41, 5.74) is 4.56. The number of carbonyl (C=O) groups excluding carboxylic acids is 2. The lowest BCUT2D eigenvalue weighted by Gasteiger charge is -2.35. The van der Waals surface area contributed by atoms with Gasteiger partial charge < -0.3 is 20.0 Å². The Morgan fingerprint density at radius 1 is 0.976 bits per heavy atom. The molecule has 1 aromatic carbocycles. The number of nitrogens with one attached hydrogen (secondary N) is 1. The number of hydrogen-bond acceptors (Lipinski definition) is 6. The molecule has 1 aliphatic carbocycles. The van der Waals surface area contributed by atoms with Crippen LogP contribution in [-0.2, 0) is 4.79 Å². The molecule has 42 heavy (non-hydrogen) atoms. The minimum absolute atomic E-state index is 0.0564. The van der Waals surface area contributed by atoms with E-state index in [1.807, 2.05) is 53.4 Å². The molecule has 2 fully saturated rings. The van der Waals surface area contributed by atoms with Gasteiger partial charge in [0.1, 0.15) is 0 Å². The molecule has 1 saturated heterocycles. The summed E-state index contributed by atoms with van der Waals surface area (Å²) in [7, 11) is 4.04. The summed E-state index contributed by atoms with van der Waals surface area (Å²) < 4.78 is 1.80. The molecular formula is C33H43N7O2. The van der Waals surface area contributed by atoms with Crippen molar-refractivity contribution in [2.45, 2.75) is 57.9 Å². The molecule has 0 unspecified atom stereocenters. The van der Waals surface area contributed by atoms with Gasteiger partial charge in [-0.15, -0.1) is 5.10 Å². The number of benzene rings is 1. The summed E-state index contributed by atoms with van der Waals surface area (Å²) in [4.78, 5) is 37.2. The van der Waals surface area contributed by atoms with Gasteiger partial charge in [-0.2, -0.15) is 4.98 Å². The van der Waals surface area contributed by atoms with E-state index in [0.717, 1.165) is 87.4 Å². The molecule has 0 spiro atoms. The van der Waals surface area contributed by atoms with Gasteiger partial charge in [-0.3, -0.25) is 9.59 Å². The molecule has 3 aliphatic rings. The number of rotatable bonds is 6. The van der Waals surface area contributed by atoms with Gasteiger partial charge in [-0.25, -0.2) is 4.52 Å². The zero-order valence-corrected chi connectivity index (χ0v) is 25.1. The number of amides is 2. The molecule has 222 valence electrons. The molecule has 1 N–H and O–H groups in total. The summed E-state index contributed by atoms with van der Waals surface area (Å²) in [5.74, 6) is 1.82. The Balaban J connectivity index is 1.10. The van der Waals surface area contributed by atoms with E-state index in [4.69, 9.17) is 4.98 Å². The van der Waals surface area contributed by atoms with Crippen LogP contribution in [0.15, 0.2) is 48.7 Å². The summed E-state index contributed by atoms with van der Waals surface area (Å²) in [6.45, 7) is 5.73. The summed E-state index contributed by atoms with van der Waals surface area (Å²) in [6.07, 6.45) is 11.3. The maximum Gasteiger partial charge on any atom is 0.253 e. The van der Waals surface area contributed by atoms with Crippen molar-refractivity contribution in [3.63, 3.8) is 0 Å². The van der Waals surface area contributed by atoms with Crippen LogP contribution in [0.25, 0.3) is 11.2 Å². The zero-order chi connectivity index (χ0) is 29.2. The van der Waals surface area contributed by atoms with E-state index in [9.17, 15) is 9.59 Å². The first kappa shape index (κ1) is 28.4. The van der Waals surface area contributed by atoms with E-state index in [1.165, 1.54) is 5.57 Å². The molecule has 3 aromatic rings. The average Bonchev–Trinajstić information content (AvgIpc) is 3.44. The van der Waals surface area contributed by atoms with Gasteiger partial charge in [0.05, 0.1) is 0 Å². The van der Waals surface area contributed by atoms with Crippen LogP contribution in [0, 0.1) is 11.8 Å². The summed E-state index contributed by atoms with van der Waals surface area (Å²) in [5, 5.41) is 7.95. The van der Waals surface area contributed by atoms with Crippen LogP contribution in [0.5, 0.6) is 0 Å². The Labute approximate surface area is 248 Å². The quantitative estimate of drug-likeness (QED) is 0.446. The fourth-order valence-corrected chi connectivity index (χ4v) is 6.67. The van der Waals surface area contributed by atoms with Crippen molar-refractivity contribution in [3.05, 3.63) is 59.8 Å². The monoisotopic (exact) mass is 569 g/mol. The van der Waals surface area contributed by atoms with Crippen LogP contribution >= 0.6 is 0 Å². The number of anilines is 2. The van der Waals surface area contributed by atoms with E-state index in [2.05, 4.69) is 41.4 Å². The van der Waals surface area contributed by atoms with Crippen LogP contribution < -0.4 is 5.32 Å². The van der Waals surface area contributed by atoms with Crippen LogP contribution in [0.2, 0.25) is 0 Å². The molecule has 6 rings (SSSR count). The third-order valence-electron chi connectivity index (χ3n) is 9.54. The fourth-order valence-electron chi connectivity index (χ4n) is 6.67. The van der Waals surface area contributed by atoms with Gasteiger partial charge in [0.15, 0.2) is 5.65 Å². The van der Waals surface area contributed by atoms with Crippen molar-refractivity contribution in [2.24, 2.45) is 11.8 Å².